The number of carbonyl (C=O) groups excluding carboxylic acids is 1. The predicted octanol–water partition coefficient (Wildman–Crippen LogP) is 2.77. The highest BCUT2D eigenvalue weighted by molar-refractivity contribution is 7.16. The Morgan fingerprint density at radius 3 is 2.83 bits per heavy atom. The molecule has 3 rings (SSSR count). The Morgan fingerprint density at radius 1 is 1.35 bits per heavy atom. The minimum Gasteiger partial charge on any atom is -0.497 e. The second-order valence-electron chi connectivity index (χ2n) is 5.45. The molecule has 2 aromatic heterocycles. The Morgan fingerprint density at radius 2 is 2.13 bits per heavy atom. The van der Waals surface area contributed by atoms with Gasteiger partial charge in [0.2, 0.25) is 0 Å². The van der Waals surface area contributed by atoms with E-state index in [1.807, 2.05) is 43.7 Å². The lowest BCUT2D eigenvalue weighted by molar-refractivity contribution is 0.0986. The van der Waals surface area contributed by atoms with Gasteiger partial charge in [-0.15, -0.1) is 0 Å². The van der Waals surface area contributed by atoms with Crippen molar-refractivity contribution in [2.45, 2.75) is 19.9 Å². The summed E-state index contributed by atoms with van der Waals surface area (Å²) in [6.07, 6.45) is 1.62. The van der Waals surface area contributed by atoms with E-state index in [1.54, 1.807) is 24.1 Å². The first-order valence-electron chi connectivity index (χ1n) is 7.27. The first-order chi connectivity index (χ1) is 11.0. The van der Waals surface area contributed by atoms with E-state index in [4.69, 9.17) is 4.74 Å². The molecule has 0 saturated carbocycles. The van der Waals surface area contributed by atoms with E-state index in [2.05, 4.69) is 10.1 Å². The molecule has 0 N–H and O–H groups in total. The summed E-state index contributed by atoms with van der Waals surface area (Å²) in [6.45, 7) is 3.96. The summed E-state index contributed by atoms with van der Waals surface area (Å²) in [5.41, 5.74) is 1.51. The zero-order chi connectivity index (χ0) is 16.6. The maximum Gasteiger partial charge on any atom is 0.297 e. The standard InChI is InChI=1S/C16H18N4O2S/c1-10(2)20-13(7-8-17-20)15(21)18-16-19(3)12-6-5-11(22-4)9-14(12)23-16/h5-10H,1-4H3. The van der Waals surface area contributed by atoms with Crippen molar-refractivity contribution in [1.29, 1.82) is 0 Å². The van der Waals surface area contributed by atoms with Gasteiger partial charge in [-0.1, -0.05) is 11.3 Å². The van der Waals surface area contributed by atoms with Crippen LogP contribution in [-0.2, 0) is 7.05 Å². The molecule has 3 aromatic rings. The van der Waals surface area contributed by atoms with Gasteiger partial charge in [0.1, 0.15) is 11.4 Å². The molecule has 0 fully saturated rings. The van der Waals surface area contributed by atoms with Gasteiger partial charge in [0.15, 0.2) is 4.80 Å². The summed E-state index contributed by atoms with van der Waals surface area (Å²) in [5, 5.41) is 4.18. The smallest absolute Gasteiger partial charge is 0.297 e. The van der Waals surface area contributed by atoms with Gasteiger partial charge < -0.3 is 9.30 Å². The van der Waals surface area contributed by atoms with Crippen LogP contribution in [0.2, 0.25) is 0 Å². The number of nitrogens with zero attached hydrogens (tertiary/aromatic N) is 4. The summed E-state index contributed by atoms with van der Waals surface area (Å²) >= 11 is 1.46. The second kappa shape index (κ2) is 6.00. The van der Waals surface area contributed by atoms with Gasteiger partial charge >= 0.3 is 0 Å². The number of hydrogen-bond acceptors (Lipinski definition) is 4. The number of benzene rings is 1. The lowest BCUT2D eigenvalue weighted by Crippen LogP contribution is -2.16. The van der Waals surface area contributed by atoms with Crippen molar-refractivity contribution in [2.24, 2.45) is 12.0 Å². The minimum absolute atomic E-state index is 0.111. The molecule has 120 valence electrons. The van der Waals surface area contributed by atoms with Crippen molar-refractivity contribution in [3.8, 4) is 5.75 Å². The van der Waals surface area contributed by atoms with Crippen LogP contribution in [-0.4, -0.2) is 27.4 Å². The third-order valence-corrected chi connectivity index (χ3v) is 4.69. The number of rotatable bonds is 3. The molecule has 0 atom stereocenters. The van der Waals surface area contributed by atoms with Crippen molar-refractivity contribution in [3.63, 3.8) is 0 Å². The topological polar surface area (TPSA) is 61.4 Å². The number of fused-ring (bicyclic) bond motifs is 1. The van der Waals surface area contributed by atoms with Crippen LogP contribution < -0.4 is 9.54 Å². The number of aryl methyl sites for hydroxylation is 1. The van der Waals surface area contributed by atoms with Gasteiger partial charge in [0.05, 0.1) is 17.3 Å². The van der Waals surface area contributed by atoms with E-state index in [0.717, 1.165) is 16.0 Å². The number of methoxy groups -OCH3 is 1. The summed E-state index contributed by atoms with van der Waals surface area (Å²) in [4.78, 5) is 17.4. The second-order valence-corrected chi connectivity index (χ2v) is 6.46. The molecular formula is C16H18N4O2S. The normalized spacial score (nSPS) is 12.3. The molecule has 7 heteroatoms. The molecule has 0 radical (unpaired) electrons. The van der Waals surface area contributed by atoms with Crippen molar-refractivity contribution in [3.05, 3.63) is 41.0 Å². The first kappa shape index (κ1) is 15.5. The summed E-state index contributed by atoms with van der Waals surface area (Å²) in [7, 11) is 3.54. The average Bonchev–Trinajstić information content (AvgIpc) is 3.13. The number of hydrogen-bond donors (Lipinski definition) is 0. The Labute approximate surface area is 137 Å². The zero-order valence-corrected chi connectivity index (χ0v) is 14.3. The third kappa shape index (κ3) is 2.79. The van der Waals surface area contributed by atoms with Crippen molar-refractivity contribution in [1.82, 2.24) is 14.3 Å². The summed E-state index contributed by atoms with van der Waals surface area (Å²) < 4.78 is 9.86. The molecule has 1 aromatic carbocycles. The zero-order valence-electron chi connectivity index (χ0n) is 13.5. The van der Waals surface area contributed by atoms with E-state index in [9.17, 15) is 4.79 Å². The van der Waals surface area contributed by atoms with Crippen molar-refractivity contribution < 1.29 is 9.53 Å². The van der Waals surface area contributed by atoms with Crippen molar-refractivity contribution in [2.75, 3.05) is 7.11 Å². The molecule has 0 saturated heterocycles. The fourth-order valence-electron chi connectivity index (χ4n) is 2.39. The maximum atomic E-state index is 12.5. The van der Waals surface area contributed by atoms with Gasteiger partial charge in [0.25, 0.3) is 5.91 Å². The number of aromatic nitrogens is 3. The van der Waals surface area contributed by atoms with Crippen LogP contribution in [0.25, 0.3) is 10.2 Å². The van der Waals surface area contributed by atoms with Crippen LogP contribution in [0.15, 0.2) is 35.5 Å². The molecule has 0 spiro atoms. The highest BCUT2D eigenvalue weighted by Gasteiger charge is 2.14. The van der Waals surface area contributed by atoms with E-state index in [1.165, 1.54) is 11.3 Å². The maximum absolute atomic E-state index is 12.5. The van der Waals surface area contributed by atoms with Gasteiger partial charge in [-0.05, 0) is 38.1 Å². The molecule has 0 aliphatic heterocycles. The van der Waals surface area contributed by atoms with Gasteiger partial charge in [-0.2, -0.15) is 10.1 Å². The van der Waals surface area contributed by atoms with Crippen LogP contribution >= 0.6 is 11.3 Å². The molecule has 1 amide bonds. The first-order valence-corrected chi connectivity index (χ1v) is 8.09. The number of carbonyl (C=O) groups is 1. The SMILES string of the molecule is COc1ccc2c(c1)sc(=NC(=O)c1ccnn1C(C)C)n2C. The Hall–Kier alpha value is -2.41. The van der Waals surface area contributed by atoms with Crippen LogP contribution in [0.4, 0.5) is 0 Å². The van der Waals surface area contributed by atoms with Crippen molar-refractivity contribution >= 4 is 27.5 Å². The van der Waals surface area contributed by atoms with Gasteiger partial charge in [0, 0.05) is 19.3 Å². The summed E-state index contributed by atoms with van der Waals surface area (Å²) in [5.74, 6) is 0.500. The highest BCUT2D eigenvalue weighted by Crippen LogP contribution is 2.22. The molecule has 0 unspecified atom stereocenters. The van der Waals surface area contributed by atoms with Gasteiger partial charge in [-0.25, -0.2) is 0 Å². The van der Waals surface area contributed by atoms with Crippen LogP contribution in [0.5, 0.6) is 5.75 Å². The molecule has 0 aliphatic carbocycles. The number of thiazole rings is 1. The molecule has 0 bridgehead atoms. The largest absolute Gasteiger partial charge is 0.497 e. The van der Waals surface area contributed by atoms with E-state index < -0.39 is 0 Å². The van der Waals surface area contributed by atoms with E-state index >= 15 is 0 Å². The Balaban J connectivity index is 2.08. The molecule has 0 aliphatic rings. The van der Waals surface area contributed by atoms with Crippen LogP contribution in [0.3, 0.4) is 0 Å². The highest BCUT2D eigenvalue weighted by atomic mass is 32.1. The third-order valence-electron chi connectivity index (χ3n) is 3.59. The molecular weight excluding hydrogens is 312 g/mol. The quantitative estimate of drug-likeness (QED) is 0.742. The van der Waals surface area contributed by atoms with Crippen LogP contribution in [0, 0.1) is 0 Å². The lowest BCUT2D eigenvalue weighted by atomic mass is 10.3. The molecule has 23 heavy (non-hydrogen) atoms. The minimum atomic E-state index is -0.287. The average molecular weight is 330 g/mol. The number of amides is 1. The summed E-state index contributed by atoms with van der Waals surface area (Å²) in [6, 6.07) is 7.62. The monoisotopic (exact) mass is 330 g/mol. The lowest BCUT2D eigenvalue weighted by Gasteiger charge is -2.07. The Kier molecular flexibility index (Phi) is 4.04. The molecule has 2 heterocycles. The molecule has 6 nitrogen and oxygen atoms in total. The Bertz CT molecular complexity index is 933. The fraction of sp³-hybridized carbons (Fsp3) is 0.312. The van der Waals surface area contributed by atoms with E-state index in [-0.39, 0.29) is 11.9 Å². The number of ether oxygens (including phenoxy) is 1. The predicted molar refractivity (Wildman–Crippen MR) is 89.9 cm³/mol. The van der Waals surface area contributed by atoms with Crippen LogP contribution in [0.1, 0.15) is 30.4 Å². The fourth-order valence-corrected chi connectivity index (χ4v) is 3.43. The van der Waals surface area contributed by atoms with E-state index in [0.29, 0.717) is 10.5 Å². The van der Waals surface area contributed by atoms with Gasteiger partial charge in [-0.3, -0.25) is 9.48 Å².